The van der Waals surface area contributed by atoms with E-state index in [4.69, 9.17) is 0 Å². The normalized spacial score (nSPS) is 11.7. The van der Waals surface area contributed by atoms with Crippen LogP contribution in [0.25, 0.3) is 120 Å². The molecule has 0 saturated heterocycles. The Morgan fingerprint density at radius 1 is 0.202 bits per heavy atom. The van der Waals surface area contributed by atoms with Gasteiger partial charge in [0.15, 0.2) is 11.6 Å². The van der Waals surface area contributed by atoms with Crippen LogP contribution < -0.4 is 9.80 Å². The molecular formula is C80H50F2N2. The van der Waals surface area contributed by atoms with Crippen molar-refractivity contribution in [2.75, 3.05) is 9.80 Å². The van der Waals surface area contributed by atoms with E-state index in [1.807, 2.05) is 97.1 Å². The zero-order valence-electron chi connectivity index (χ0n) is 45.5. The molecule has 394 valence electrons. The van der Waals surface area contributed by atoms with Gasteiger partial charge in [0.1, 0.15) is 0 Å². The first kappa shape index (κ1) is 48.9. The third kappa shape index (κ3) is 8.29. The number of nitrogens with zero attached hydrogens (tertiary/aromatic N) is 2. The van der Waals surface area contributed by atoms with Crippen molar-refractivity contribution in [1.29, 1.82) is 0 Å². The van der Waals surface area contributed by atoms with Gasteiger partial charge in [0.25, 0.3) is 0 Å². The fraction of sp³-hybridized carbons (Fsp3) is 0. The summed E-state index contributed by atoms with van der Waals surface area (Å²) in [5.41, 5.74) is 10.5. The monoisotopic (exact) mass is 1080 g/mol. The van der Waals surface area contributed by atoms with Crippen LogP contribution in [0.2, 0.25) is 0 Å². The molecule has 0 bridgehead atoms. The molecule has 4 heteroatoms. The summed E-state index contributed by atoms with van der Waals surface area (Å²) < 4.78 is 37.1. The van der Waals surface area contributed by atoms with E-state index in [9.17, 15) is 0 Å². The number of hydrogen-bond acceptors (Lipinski definition) is 2. The quantitative estimate of drug-likeness (QED) is 0.126. The largest absolute Gasteiger partial charge is 0.307 e. The molecule has 0 spiro atoms. The number of hydrogen-bond donors (Lipinski definition) is 0. The van der Waals surface area contributed by atoms with Crippen molar-refractivity contribution in [1.82, 2.24) is 0 Å². The Morgan fingerprint density at radius 2 is 0.500 bits per heavy atom. The Morgan fingerprint density at radius 3 is 0.869 bits per heavy atom. The molecule has 84 heavy (non-hydrogen) atoms. The lowest BCUT2D eigenvalue weighted by Crippen LogP contribution is -2.14. The van der Waals surface area contributed by atoms with Gasteiger partial charge in [0.2, 0.25) is 0 Å². The molecule has 0 aliphatic carbocycles. The van der Waals surface area contributed by atoms with E-state index in [0.717, 1.165) is 132 Å². The van der Waals surface area contributed by atoms with Crippen molar-refractivity contribution in [2.45, 2.75) is 0 Å². The molecule has 2 nitrogen and oxygen atoms in total. The van der Waals surface area contributed by atoms with Gasteiger partial charge in [-0.1, -0.05) is 218 Å². The molecule has 16 rings (SSSR count). The minimum Gasteiger partial charge on any atom is -0.307 e. The molecule has 0 aromatic heterocycles. The summed E-state index contributed by atoms with van der Waals surface area (Å²) in [6, 6.07) is 104. The number of rotatable bonds is 10. The SMILES string of the molecule is Fc1c(-c2ccc3ccccc3c2)cc(-c2ccc3ccccc3c2)cc1N(c1ccccc1)c1ccc2ccc3c(N(c4ccccc4)c4cc(-c5ccc6ccccc6c5)cc(-c5ccc6ccccc6c5)c4F)ccc4ccc1c2c43. The van der Waals surface area contributed by atoms with Crippen molar-refractivity contribution in [3.05, 3.63) is 315 Å². The summed E-state index contributed by atoms with van der Waals surface area (Å²) in [4.78, 5) is 4.19. The number of para-hydroxylation sites is 2. The average Bonchev–Trinajstić information content (AvgIpc) is 1.03. The zero-order chi connectivity index (χ0) is 55.8. The number of fused-ring (bicyclic) bond motifs is 4. The average molecular weight is 1080 g/mol. The van der Waals surface area contributed by atoms with Crippen LogP contribution in [0.5, 0.6) is 0 Å². The van der Waals surface area contributed by atoms with E-state index < -0.39 is 0 Å². The number of anilines is 6. The molecule has 0 aliphatic heterocycles. The lowest BCUT2D eigenvalue weighted by molar-refractivity contribution is 0.632. The van der Waals surface area contributed by atoms with Gasteiger partial charge < -0.3 is 9.80 Å². The summed E-state index contributed by atoms with van der Waals surface area (Å²) >= 11 is 0. The molecule has 0 heterocycles. The predicted octanol–water partition coefficient (Wildman–Crippen LogP) is 23.1. The van der Waals surface area contributed by atoms with E-state index in [1.54, 1.807) is 0 Å². The van der Waals surface area contributed by atoms with Gasteiger partial charge in [-0.2, -0.15) is 0 Å². The number of benzene rings is 16. The Kier molecular flexibility index (Phi) is 11.6. The van der Waals surface area contributed by atoms with Crippen LogP contribution >= 0.6 is 0 Å². The van der Waals surface area contributed by atoms with Crippen LogP contribution in [0.3, 0.4) is 0 Å². The second kappa shape index (κ2) is 19.9. The van der Waals surface area contributed by atoms with E-state index >= 15 is 8.78 Å². The van der Waals surface area contributed by atoms with Gasteiger partial charge in [-0.05, 0) is 183 Å². The van der Waals surface area contributed by atoms with Gasteiger partial charge in [-0.3, -0.25) is 0 Å². The first-order valence-corrected chi connectivity index (χ1v) is 28.5. The maximum Gasteiger partial charge on any atom is 0.155 e. The second-order valence-corrected chi connectivity index (χ2v) is 21.9. The van der Waals surface area contributed by atoms with Gasteiger partial charge >= 0.3 is 0 Å². The predicted molar refractivity (Wildman–Crippen MR) is 351 cm³/mol. The topological polar surface area (TPSA) is 6.48 Å². The van der Waals surface area contributed by atoms with Crippen LogP contribution in [0, 0.1) is 11.6 Å². The Hall–Kier alpha value is -10.9. The standard InChI is InChI=1S/C80H50F2N2/c81-79-71(63-33-29-53-17-9-13-21-59(53)45-63)47-65(61-31-27-51-15-7-11-19-57(51)43-61)49-75(79)83(67-23-3-1-4-24-67)73-41-37-55-36-40-70-74(42-38-56-35-39-69(73)77(55)78(56)70)84(68-25-5-2-6-26-68)76-50-66(62-32-28-52-16-8-12-20-58(52)44-62)48-72(80(76)82)64-34-30-54-18-10-14-22-60(54)46-64/h1-50H. The lowest BCUT2D eigenvalue weighted by Gasteiger charge is -2.30. The van der Waals surface area contributed by atoms with Gasteiger partial charge in [-0.15, -0.1) is 0 Å². The van der Waals surface area contributed by atoms with E-state index in [1.165, 1.54) is 0 Å². The third-order valence-corrected chi connectivity index (χ3v) is 17.0. The first-order chi connectivity index (χ1) is 41.5. The highest BCUT2D eigenvalue weighted by Crippen LogP contribution is 2.51. The molecular weight excluding hydrogens is 1030 g/mol. The fourth-order valence-electron chi connectivity index (χ4n) is 12.9. The van der Waals surface area contributed by atoms with Crippen LogP contribution in [0.1, 0.15) is 0 Å². The number of halogens is 2. The highest BCUT2D eigenvalue weighted by atomic mass is 19.1. The molecule has 0 unspecified atom stereocenters. The molecule has 0 aliphatic rings. The van der Waals surface area contributed by atoms with Crippen LogP contribution in [-0.2, 0) is 0 Å². The second-order valence-electron chi connectivity index (χ2n) is 21.9. The maximum atomic E-state index is 18.6. The molecule has 16 aromatic rings. The van der Waals surface area contributed by atoms with Gasteiger partial charge in [0, 0.05) is 33.3 Å². The highest BCUT2D eigenvalue weighted by Gasteiger charge is 2.28. The van der Waals surface area contributed by atoms with E-state index in [0.29, 0.717) is 22.5 Å². The summed E-state index contributed by atoms with van der Waals surface area (Å²) in [7, 11) is 0. The van der Waals surface area contributed by atoms with Crippen LogP contribution in [0.15, 0.2) is 303 Å². The minimum absolute atomic E-state index is 0.332. The van der Waals surface area contributed by atoms with Crippen LogP contribution in [0.4, 0.5) is 42.9 Å². The van der Waals surface area contributed by atoms with Crippen molar-refractivity contribution < 1.29 is 8.78 Å². The smallest absolute Gasteiger partial charge is 0.155 e. The van der Waals surface area contributed by atoms with Crippen molar-refractivity contribution in [2.24, 2.45) is 0 Å². The molecule has 0 N–H and O–H groups in total. The maximum absolute atomic E-state index is 18.6. The molecule has 0 fully saturated rings. The van der Waals surface area contributed by atoms with Crippen molar-refractivity contribution >= 4 is 110 Å². The summed E-state index contributed by atoms with van der Waals surface area (Å²) in [6.45, 7) is 0. The zero-order valence-corrected chi connectivity index (χ0v) is 45.5. The Labute approximate surface area is 484 Å². The summed E-state index contributed by atoms with van der Waals surface area (Å²) in [5.74, 6) is -0.665. The highest BCUT2D eigenvalue weighted by molar-refractivity contribution is 6.28. The van der Waals surface area contributed by atoms with E-state index in [-0.39, 0.29) is 11.6 Å². The Bertz CT molecular complexity index is 4920. The first-order valence-electron chi connectivity index (χ1n) is 28.5. The lowest BCUT2D eigenvalue weighted by atomic mass is 9.91. The molecule has 0 atom stereocenters. The van der Waals surface area contributed by atoms with Gasteiger partial charge in [-0.25, -0.2) is 8.78 Å². The molecule has 0 amide bonds. The molecule has 0 radical (unpaired) electrons. The van der Waals surface area contributed by atoms with Gasteiger partial charge in [0.05, 0.1) is 22.7 Å². The summed E-state index contributed by atoms with van der Waals surface area (Å²) in [6.07, 6.45) is 0. The van der Waals surface area contributed by atoms with Crippen molar-refractivity contribution in [3.8, 4) is 44.5 Å². The van der Waals surface area contributed by atoms with E-state index in [2.05, 4.69) is 216 Å². The summed E-state index contributed by atoms with van der Waals surface area (Å²) in [5, 5.41) is 14.8. The Balaban J connectivity index is 0.928. The third-order valence-electron chi connectivity index (χ3n) is 17.0. The minimum atomic E-state index is -0.332. The fourth-order valence-corrected chi connectivity index (χ4v) is 12.9. The molecule has 0 saturated carbocycles. The van der Waals surface area contributed by atoms with Crippen LogP contribution in [-0.4, -0.2) is 0 Å². The molecule has 16 aromatic carbocycles. The van der Waals surface area contributed by atoms with Crippen molar-refractivity contribution in [3.63, 3.8) is 0 Å².